The lowest BCUT2D eigenvalue weighted by atomic mass is 9.91. The molecule has 6 nitrogen and oxygen atoms in total. The van der Waals surface area contributed by atoms with Gasteiger partial charge in [0.1, 0.15) is 0 Å². The molecule has 1 aliphatic heterocycles. The summed E-state index contributed by atoms with van der Waals surface area (Å²) < 4.78 is 40.2. The summed E-state index contributed by atoms with van der Waals surface area (Å²) >= 11 is 0. The number of halogens is 3. The minimum absolute atomic E-state index is 0.145. The van der Waals surface area contributed by atoms with Crippen molar-refractivity contribution in [3.05, 3.63) is 52.8 Å². The van der Waals surface area contributed by atoms with Crippen molar-refractivity contribution in [3.8, 4) is 0 Å². The van der Waals surface area contributed by atoms with Crippen molar-refractivity contribution in [3.63, 3.8) is 0 Å². The van der Waals surface area contributed by atoms with Crippen LogP contribution in [0, 0.1) is 25.7 Å². The zero-order valence-electron chi connectivity index (χ0n) is 17.4. The number of fused-ring (bicyclic) bond motifs is 1. The van der Waals surface area contributed by atoms with Crippen molar-refractivity contribution in [1.82, 2.24) is 14.9 Å². The maximum atomic E-state index is 13.4. The van der Waals surface area contributed by atoms with Gasteiger partial charge < -0.3 is 10.6 Å². The fourth-order valence-electron chi connectivity index (χ4n) is 4.91. The summed E-state index contributed by atoms with van der Waals surface area (Å²) in [6, 6.07) is 7.59. The molecular weight excluding hydrogens is 407 g/mol. The van der Waals surface area contributed by atoms with Gasteiger partial charge in [0.25, 0.3) is 11.9 Å². The normalized spacial score (nSPS) is 23.8. The number of nitrogens with zero attached hydrogens (tertiary/aromatic N) is 4. The Bertz CT molecular complexity index is 1000. The minimum atomic E-state index is -4.36. The number of hydrogen-bond acceptors (Lipinski definition) is 4. The van der Waals surface area contributed by atoms with Gasteiger partial charge in [-0.05, 0) is 62.1 Å². The molecule has 0 spiro atoms. The third kappa shape index (κ3) is 4.40. The molecule has 2 N–H and O–H groups in total. The SMILES string of the molecule is Cc1cc(C)nc(/N=C(\N)C(=O)N2C[C@H]3CC(c4ccccc4C(F)(F)F)C[C@H]3C2)n1. The highest BCUT2D eigenvalue weighted by Gasteiger charge is 2.45. The molecule has 2 fully saturated rings. The number of benzene rings is 1. The second kappa shape index (κ2) is 7.94. The van der Waals surface area contributed by atoms with Crippen molar-refractivity contribution >= 4 is 17.7 Å². The highest BCUT2D eigenvalue weighted by Crippen LogP contribution is 2.48. The second-order valence-corrected chi connectivity index (χ2v) is 8.43. The number of amidine groups is 1. The Kier molecular flexibility index (Phi) is 5.45. The average Bonchev–Trinajstić information content (AvgIpc) is 3.25. The van der Waals surface area contributed by atoms with Crippen LogP contribution in [0.2, 0.25) is 0 Å². The van der Waals surface area contributed by atoms with Crippen molar-refractivity contribution in [2.24, 2.45) is 22.6 Å². The first kappa shape index (κ1) is 21.3. The van der Waals surface area contributed by atoms with E-state index in [0.29, 0.717) is 31.5 Å². The zero-order chi connectivity index (χ0) is 22.3. The van der Waals surface area contributed by atoms with Crippen LogP contribution < -0.4 is 5.73 Å². The molecule has 1 amide bonds. The van der Waals surface area contributed by atoms with E-state index >= 15 is 0 Å². The number of rotatable bonds is 2. The summed E-state index contributed by atoms with van der Waals surface area (Å²) in [6.07, 6.45) is -3.12. The van der Waals surface area contributed by atoms with Crippen LogP contribution in [0.5, 0.6) is 0 Å². The maximum absolute atomic E-state index is 13.4. The number of aryl methyl sites for hydroxylation is 2. The Hall–Kier alpha value is -2.97. The maximum Gasteiger partial charge on any atom is 0.416 e. The van der Waals surface area contributed by atoms with Crippen molar-refractivity contribution in [2.45, 2.75) is 38.8 Å². The van der Waals surface area contributed by atoms with E-state index in [0.717, 1.165) is 17.5 Å². The summed E-state index contributed by atoms with van der Waals surface area (Å²) in [5.41, 5.74) is 7.18. The third-order valence-electron chi connectivity index (χ3n) is 6.15. The van der Waals surface area contributed by atoms with Gasteiger partial charge in [0, 0.05) is 24.5 Å². The topological polar surface area (TPSA) is 84.5 Å². The van der Waals surface area contributed by atoms with Crippen LogP contribution in [0.4, 0.5) is 19.1 Å². The molecule has 31 heavy (non-hydrogen) atoms. The molecule has 4 rings (SSSR count). The number of alkyl halides is 3. The summed E-state index contributed by atoms with van der Waals surface area (Å²) in [7, 11) is 0. The van der Waals surface area contributed by atoms with Crippen molar-refractivity contribution in [1.29, 1.82) is 0 Å². The molecule has 1 aromatic heterocycles. The fraction of sp³-hybridized carbons (Fsp3) is 0.455. The number of likely N-dealkylation sites (tertiary alicyclic amines) is 1. The number of carbonyl (C=O) groups excluding carboxylic acids is 1. The molecule has 2 aliphatic rings. The Morgan fingerprint density at radius 1 is 1.10 bits per heavy atom. The molecule has 2 aromatic rings. The number of aromatic nitrogens is 2. The highest BCUT2D eigenvalue weighted by molar-refractivity contribution is 6.37. The number of carbonyl (C=O) groups is 1. The van der Waals surface area contributed by atoms with E-state index < -0.39 is 11.7 Å². The summed E-state index contributed by atoms with van der Waals surface area (Å²) in [5.74, 6) is -0.263. The van der Waals surface area contributed by atoms with E-state index in [9.17, 15) is 18.0 Å². The minimum Gasteiger partial charge on any atom is -0.379 e. The Balaban J connectivity index is 1.44. The van der Waals surface area contributed by atoms with E-state index in [1.807, 2.05) is 0 Å². The summed E-state index contributed by atoms with van der Waals surface area (Å²) in [6.45, 7) is 4.55. The van der Waals surface area contributed by atoms with Crippen LogP contribution >= 0.6 is 0 Å². The molecule has 1 aliphatic carbocycles. The summed E-state index contributed by atoms with van der Waals surface area (Å²) in [5, 5.41) is 0. The molecule has 164 valence electrons. The first-order chi connectivity index (χ1) is 14.6. The van der Waals surface area contributed by atoms with Gasteiger partial charge in [-0.3, -0.25) is 4.79 Å². The van der Waals surface area contributed by atoms with Crippen LogP contribution in [-0.4, -0.2) is 39.7 Å². The standard InChI is InChI=1S/C22H24F3N5O/c1-12-7-13(2)28-21(27-12)29-19(26)20(31)30-10-15-8-14(9-16(15)11-30)17-5-3-4-6-18(17)22(23,24)25/h3-7,14-16H,8-11H2,1-2H3,(H2,26,27,28,29)/t14?,15-,16+. The number of aliphatic imine (C=N–C) groups is 1. The average molecular weight is 431 g/mol. The molecule has 1 unspecified atom stereocenters. The van der Waals surface area contributed by atoms with Gasteiger partial charge in [-0.25, -0.2) is 9.97 Å². The van der Waals surface area contributed by atoms with Gasteiger partial charge in [0.2, 0.25) is 0 Å². The van der Waals surface area contributed by atoms with Crippen LogP contribution in [0.1, 0.15) is 41.3 Å². The van der Waals surface area contributed by atoms with Crippen LogP contribution in [-0.2, 0) is 11.0 Å². The highest BCUT2D eigenvalue weighted by atomic mass is 19.4. The monoisotopic (exact) mass is 431 g/mol. The third-order valence-corrected chi connectivity index (χ3v) is 6.15. The lowest BCUT2D eigenvalue weighted by molar-refractivity contribution is -0.138. The number of hydrogen-bond donors (Lipinski definition) is 1. The molecule has 2 heterocycles. The van der Waals surface area contributed by atoms with E-state index in [-0.39, 0.29) is 35.4 Å². The van der Waals surface area contributed by atoms with E-state index in [2.05, 4.69) is 15.0 Å². The lowest BCUT2D eigenvalue weighted by Gasteiger charge is -2.21. The number of nitrogens with two attached hydrogens (primary N) is 1. The van der Waals surface area contributed by atoms with E-state index in [4.69, 9.17) is 5.73 Å². The first-order valence-electron chi connectivity index (χ1n) is 10.2. The largest absolute Gasteiger partial charge is 0.416 e. The molecule has 0 radical (unpaired) electrons. The molecule has 0 bridgehead atoms. The molecule has 1 saturated heterocycles. The predicted octanol–water partition coefficient (Wildman–Crippen LogP) is 3.75. The van der Waals surface area contributed by atoms with Crippen molar-refractivity contribution < 1.29 is 18.0 Å². The van der Waals surface area contributed by atoms with E-state index in [1.165, 1.54) is 6.07 Å². The van der Waals surface area contributed by atoms with Gasteiger partial charge in [-0.15, -0.1) is 0 Å². The Labute approximate surface area is 178 Å². The Morgan fingerprint density at radius 3 is 2.26 bits per heavy atom. The number of amides is 1. The molecular formula is C22H24F3N5O. The zero-order valence-corrected chi connectivity index (χ0v) is 17.4. The molecule has 3 atom stereocenters. The first-order valence-corrected chi connectivity index (χ1v) is 10.2. The molecule has 1 saturated carbocycles. The van der Waals surface area contributed by atoms with Crippen molar-refractivity contribution in [2.75, 3.05) is 13.1 Å². The van der Waals surface area contributed by atoms with Crippen LogP contribution in [0.3, 0.4) is 0 Å². The van der Waals surface area contributed by atoms with Gasteiger partial charge in [0.15, 0.2) is 5.84 Å². The van der Waals surface area contributed by atoms with E-state index in [1.54, 1.807) is 36.9 Å². The fourth-order valence-corrected chi connectivity index (χ4v) is 4.91. The summed E-state index contributed by atoms with van der Waals surface area (Å²) in [4.78, 5) is 26.8. The predicted molar refractivity (Wildman–Crippen MR) is 110 cm³/mol. The quantitative estimate of drug-likeness (QED) is 0.580. The molecule has 9 heteroatoms. The smallest absolute Gasteiger partial charge is 0.379 e. The van der Waals surface area contributed by atoms with Gasteiger partial charge in [0.05, 0.1) is 5.56 Å². The Morgan fingerprint density at radius 2 is 1.68 bits per heavy atom. The molecule has 1 aromatic carbocycles. The van der Waals surface area contributed by atoms with Gasteiger partial charge in [-0.2, -0.15) is 18.2 Å². The van der Waals surface area contributed by atoms with Gasteiger partial charge in [-0.1, -0.05) is 18.2 Å². The van der Waals surface area contributed by atoms with Crippen LogP contribution in [0.15, 0.2) is 35.3 Å². The van der Waals surface area contributed by atoms with Crippen LogP contribution in [0.25, 0.3) is 0 Å². The second-order valence-electron chi connectivity index (χ2n) is 8.43. The lowest BCUT2D eigenvalue weighted by Crippen LogP contribution is -2.39. The van der Waals surface area contributed by atoms with Gasteiger partial charge >= 0.3 is 6.18 Å².